The van der Waals surface area contributed by atoms with Gasteiger partial charge in [0, 0.05) is 37.9 Å². The molecule has 0 bridgehead atoms. The monoisotopic (exact) mass is 314 g/mol. The minimum atomic E-state index is -0.0514. The van der Waals surface area contributed by atoms with E-state index in [9.17, 15) is 9.90 Å². The number of phenolic OH excluding ortho intramolecular Hbond substituents is 1. The lowest BCUT2D eigenvalue weighted by Gasteiger charge is -2.33. The fourth-order valence-corrected chi connectivity index (χ4v) is 3.01. The molecule has 1 aliphatic heterocycles. The molecule has 0 unspecified atom stereocenters. The molecule has 0 radical (unpaired) electrons. The molecule has 1 atom stereocenters. The molecule has 3 rings (SSSR count). The van der Waals surface area contributed by atoms with Crippen molar-refractivity contribution in [3.05, 3.63) is 42.2 Å². The Bertz CT molecular complexity index is 683. The molecule has 1 aliphatic rings. The summed E-state index contributed by atoms with van der Waals surface area (Å²) in [6.07, 6.45) is 6.06. The lowest BCUT2D eigenvalue weighted by Crippen LogP contribution is -2.48. The second kappa shape index (κ2) is 6.73. The number of benzene rings is 1. The number of phenols is 1. The van der Waals surface area contributed by atoms with Crippen LogP contribution in [0.4, 0.5) is 5.69 Å². The summed E-state index contributed by atoms with van der Waals surface area (Å²) in [6.45, 7) is 1.77. The second-order valence-electron chi connectivity index (χ2n) is 6.03. The summed E-state index contributed by atoms with van der Waals surface area (Å²) in [5.74, 6) is 0.118. The Morgan fingerprint density at radius 3 is 3.00 bits per heavy atom. The summed E-state index contributed by atoms with van der Waals surface area (Å²) in [7, 11) is 1.90. The number of carbonyl (C=O) groups is 1. The zero-order valence-electron chi connectivity index (χ0n) is 13.3. The van der Waals surface area contributed by atoms with Gasteiger partial charge in [0.15, 0.2) is 0 Å². The zero-order valence-corrected chi connectivity index (χ0v) is 13.3. The van der Waals surface area contributed by atoms with E-state index in [1.165, 1.54) is 0 Å². The molecular weight excluding hydrogens is 292 g/mol. The smallest absolute Gasteiger partial charge is 0.224 e. The molecule has 6 heteroatoms. The Morgan fingerprint density at radius 2 is 2.26 bits per heavy atom. The van der Waals surface area contributed by atoms with E-state index in [1.807, 2.05) is 25.5 Å². The number of aromatic hydroxyl groups is 1. The Kier molecular flexibility index (Phi) is 4.50. The number of nitrogens with one attached hydrogen (secondary N) is 1. The summed E-state index contributed by atoms with van der Waals surface area (Å²) >= 11 is 0. The van der Waals surface area contributed by atoms with E-state index in [0.29, 0.717) is 5.56 Å². The molecule has 2 N–H and O–H groups in total. The lowest BCUT2D eigenvalue weighted by molar-refractivity contribution is -0.121. The minimum Gasteiger partial charge on any atom is -0.508 e. The van der Waals surface area contributed by atoms with Crippen LogP contribution in [0.1, 0.15) is 18.4 Å². The van der Waals surface area contributed by atoms with Gasteiger partial charge in [0.25, 0.3) is 0 Å². The van der Waals surface area contributed by atoms with Crippen molar-refractivity contribution in [2.75, 3.05) is 18.0 Å². The Hall–Kier alpha value is -2.50. The molecule has 1 saturated heterocycles. The third-order valence-corrected chi connectivity index (χ3v) is 4.19. The molecule has 0 aliphatic carbocycles. The first-order chi connectivity index (χ1) is 11.1. The van der Waals surface area contributed by atoms with Crippen LogP contribution in [-0.4, -0.2) is 39.9 Å². The first-order valence-electron chi connectivity index (χ1n) is 7.91. The van der Waals surface area contributed by atoms with Crippen LogP contribution in [-0.2, 0) is 18.3 Å². The average Bonchev–Trinajstić information content (AvgIpc) is 2.96. The van der Waals surface area contributed by atoms with Crippen molar-refractivity contribution in [2.24, 2.45) is 7.05 Å². The molecule has 1 aromatic carbocycles. The van der Waals surface area contributed by atoms with Crippen LogP contribution in [0.3, 0.4) is 0 Å². The van der Waals surface area contributed by atoms with Gasteiger partial charge in [-0.25, -0.2) is 0 Å². The van der Waals surface area contributed by atoms with Gasteiger partial charge >= 0.3 is 0 Å². The van der Waals surface area contributed by atoms with Crippen molar-refractivity contribution in [1.82, 2.24) is 15.1 Å². The highest BCUT2D eigenvalue weighted by Gasteiger charge is 2.22. The molecule has 6 nitrogen and oxygen atoms in total. The number of piperidine rings is 1. The molecule has 1 fully saturated rings. The van der Waals surface area contributed by atoms with Crippen LogP contribution in [0.2, 0.25) is 0 Å². The summed E-state index contributed by atoms with van der Waals surface area (Å²) in [5.41, 5.74) is 1.75. The van der Waals surface area contributed by atoms with E-state index in [-0.39, 0.29) is 24.1 Å². The van der Waals surface area contributed by atoms with Crippen molar-refractivity contribution < 1.29 is 9.90 Å². The van der Waals surface area contributed by atoms with Gasteiger partial charge in [-0.1, -0.05) is 18.2 Å². The normalized spacial score (nSPS) is 18.0. The maximum atomic E-state index is 12.2. The number of hydrogen-bond acceptors (Lipinski definition) is 4. The maximum Gasteiger partial charge on any atom is 0.224 e. The fourth-order valence-electron chi connectivity index (χ4n) is 3.01. The maximum absolute atomic E-state index is 12.2. The summed E-state index contributed by atoms with van der Waals surface area (Å²) in [6, 6.07) is 7.09. The number of para-hydroxylation sites is 1. The van der Waals surface area contributed by atoms with Crippen molar-refractivity contribution in [3.8, 4) is 5.75 Å². The third kappa shape index (κ3) is 3.83. The molecule has 2 aromatic rings. The van der Waals surface area contributed by atoms with E-state index in [1.54, 1.807) is 22.9 Å². The third-order valence-electron chi connectivity index (χ3n) is 4.19. The second-order valence-corrected chi connectivity index (χ2v) is 6.03. The largest absolute Gasteiger partial charge is 0.508 e. The predicted molar refractivity (Wildman–Crippen MR) is 88.4 cm³/mol. The number of nitrogens with zero attached hydrogens (tertiary/aromatic N) is 3. The first-order valence-corrected chi connectivity index (χ1v) is 7.91. The zero-order chi connectivity index (χ0) is 16.2. The van der Waals surface area contributed by atoms with Gasteiger partial charge in [-0.3, -0.25) is 9.48 Å². The molecule has 2 heterocycles. The van der Waals surface area contributed by atoms with Gasteiger partial charge in [0.2, 0.25) is 5.91 Å². The number of hydrogen-bond donors (Lipinski definition) is 2. The lowest BCUT2D eigenvalue weighted by atomic mass is 10.0. The quantitative estimate of drug-likeness (QED) is 0.896. The van der Waals surface area contributed by atoms with Gasteiger partial charge in [-0.15, -0.1) is 0 Å². The highest BCUT2D eigenvalue weighted by atomic mass is 16.3. The van der Waals surface area contributed by atoms with E-state index in [0.717, 1.165) is 31.6 Å². The number of anilines is 1. The van der Waals surface area contributed by atoms with E-state index < -0.39 is 0 Å². The van der Waals surface area contributed by atoms with Crippen molar-refractivity contribution in [2.45, 2.75) is 25.3 Å². The Balaban J connectivity index is 1.57. The van der Waals surface area contributed by atoms with Gasteiger partial charge < -0.3 is 15.3 Å². The molecular formula is C17H22N4O2. The average molecular weight is 314 g/mol. The highest BCUT2D eigenvalue weighted by Crippen LogP contribution is 2.20. The highest BCUT2D eigenvalue weighted by molar-refractivity contribution is 5.79. The first kappa shape index (κ1) is 15.4. The number of aryl methyl sites for hydroxylation is 1. The van der Waals surface area contributed by atoms with Crippen LogP contribution >= 0.6 is 0 Å². The summed E-state index contributed by atoms with van der Waals surface area (Å²) < 4.78 is 1.79. The van der Waals surface area contributed by atoms with Crippen LogP contribution in [0, 0.1) is 0 Å². The summed E-state index contributed by atoms with van der Waals surface area (Å²) in [5, 5.41) is 17.0. The van der Waals surface area contributed by atoms with Gasteiger partial charge in [-0.05, 0) is 18.9 Å². The topological polar surface area (TPSA) is 70.4 Å². The number of aromatic nitrogens is 2. The van der Waals surface area contributed by atoms with Crippen molar-refractivity contribution in [1.29, 1.82) is 0 Å². The standard InChI is InChI=1S/C17H22N4O2/c1-20-12-15(10-18-20)21-8-4-6-14(11-21)19-17(23)9-13-5-2-3-7-16(13)22/h2-3,5,7,10,12,14,22H,4,6,8-9,11H2,1H3,(H,19,23)/t14-/m1/s1. The SMILES string of the molecule is Cn1cc(N2CCC[C@@H](NC(=O)Cc3ccccc3O)C2)cn1. The Morgan fingerprint density at radius 1 is 1.43 bits per heavy atom. The Labute approximate surface area is 135 Å². The molecule has 0 saturated carbocycles. The van der Waals surface area contributed by atoms with Crippen molar-refractivity contribution >= 4 is 11.6 Å². The number of carbonyl (C=O) groups excluding carboxylic acids is 1. The fraction of sp³-hybridized carbons (Fsp3) is 0.412. The summed E-state index contributed by atoms with van der Waals surface area (Å²) in [4.78, 5) is 14.5. The molecule has 122 valence electrons. The molecule has 1 amide bonds. The van der Waals surface area contributed by atoms with Crippen LogP contribution < -0.4 is 10.2 Å². The van der Waals surface area contributed by atoms with Crippen LogP contribution in [0.5, 0.6) is 5.75 Å². The van der Waals surface area contributed by atoms with E-state index >= 15 is 0 Å². The van der Waals surface area contributed by atoms with Gasteiger partial charge in [0.1, 0.15) is 5.75 Å². The van der Waals surface area contributed by atoms with Gasteiger partial charge in [-0.2, -0.15) is 5.10 Å². The van der Waals surface area contributed by atoms with E-state index in [2.05, 4.69) is 15.3 Å². The van der Waals surface area contributed by atoms with Gasteiger partial charge in [0.05, 0.1) is 18.3 Å². The predicted octanol–water partition coefficient (Wildman–Crippen LogP) is 1.45. The van der Waals surface area contributed by atoms with Crippen LogP contribution in [0.15, 0.2) is 36.7 Å². The number of amides is 1. The van der Waals surface area contributed by atoms with Crippen molar-refractivity contribution in [3.63, 3.8) is 0 Å². The molecule has 0 spiro atoms. The van der Waals surface area contributed by atoms with Crippen LogP contribution in [0.25, 0.3) is 0 Å². The minimum absolute atomic E-state index is 0.0514. The number of rotatable bonds is 4. The van der Waals surface area contributed by atoms with E-state index in [4.69, 9.17) is 0 Å². The molecule has 23 heavy (non-hydrogen) atoms. The molecule has 1 aromatic heterocycles.